The Hall–Kier alpha value is -1.70. The highest BCUT2D eigenvalue weighted by Crippen LogP contribution is 2.37. The number of rotatable bonds is 4. The molecule has 122 valence electrons. The Bertz CT molecular complexity index is 664. The van der Waals surface area contributed by atoms with Crippen molar-refractivity contribution in [1.29, 1.82) is 0 Å². The number of hydrogen-bond donors (Lipinski definition) is 0. The van der Waals surface area contributed by atoms with Gasteiger partial charge >= 0.3 is 15.6 Å². The minimum absolute atomic E-state index is 0.0744. The monoisotopic (exact) mass is 335 g/mol. The number of alkyl halides is 3. The van der Waals surface area contributed by atoms with Gasteiger partial charge in [0.25, 0.3) is 0 Å². The molecule has 1 aromatic carbocycles. The molecule has 0 N–H and O–H groups in total. The van der Waals surface area contributed by atoms with E-state index in [-0.39, 0.29) is 18.1 Å². The van der Waals surface area contributed by atoms with Crippen LogP contribution in [0, 0.1) is 0 Å². The highest BCUT2D eigenvalue weighted by Gasteiger charge is 2.49. The van der Waals surface area contributed by atoms with Crippen LogP contribution in [0.1, 0.15) is 24.3 Å². The number of benzene rings is 1. The first-order valence-corrected chi connectivity index (χ1v) is 7.98. The Morgan fingerprint density at radius 2 is 1.77 bits per heavy atom. The summed E-state index contributed by atoms with van der Waals surface area (Å²) >= 11 is 0. The molecule has 0 radical (unpaired) electrons. The van der Waals surface area contributed by atoms with E-state index in [2.05, 4.69) is 4.18 Å². The molecule has 2 rings (SSSR count). The van der Waals surface area contributed by atoms with Crippen LogP contribution in [0.4, 0.5) is 18.9 Å². The number of anilines is 1. The summed E-state index contributed by atoms with van der Waals surface area (Å²) in [6.45, 7) is 0. The van der Waals surface area contributed by atoms with Crippen LogP contribution < -0.4 is 4.90 Å². The summed E-state index contributed by atoms with van der Waals surface area (Å²) in [5, 5.41) is 0. The quantitative estimate of drug-likeness (QED) is 0.625. The van der Waals surface area contributed by atoms with Crippen LogP contribution >= 0.6 is 0 Å². The first-order valence-electron chi connectivity index (χ1n) is 6.57. The van der Waals surface area contributed by atoms with Gasteiger partial charge < -0.3 is 9.08 Å². The van der Waals surface area contributed by atoms with Gasteiger partial charge in [-0.25, -0.2) is 0 Å². The summed E-state index contributed by atoms with van der Waals surface area (Å²) in [6.07, 6.45) is 1.98. The van der Waals surface area contributed by atoms with Gasteiger partial charge in [-0.2, -0.15) is 21.6 Å². The van der Waals surface area contributed by atoms with Gasteiger partial charge in [0.05, 0.1) is 0 Å². The van der Waals surface area contributed by atoms with E-state index in [1.807, 2.05) is 43.3 Å². The molecule has 1 atom stereocenters. The number of allylic oxidation sites excluding steroid dienone is 2. The Morgan fingerprint density at radius 3 is 2.27 bits per heavy atom. The molecule has 1 aliphatic carbocycles. The third-order valence-corrected chi connectivity index (χ3v) is 4.46. The second-order valence-corrected chi connectivity index (χ2v) is 6.81. The smallest absolute Gasteiger partial charge is 0.381 e. The maximum Gasteiger partial charge on any atom is 0.534 e. The van der Waals surface area contributed by atoms with Crippen LogP contribution in [0.5, 0.6) is 0 Å². The summed E-state index contributed by atoms with van der Waals surface area (Å²) in [5.41, 5.74) is -3.46. The first-order chi connectivity index (χ1) is 10.1. The molecular weight excluding hydrogens is 319 g/mol. The van der Waals surface area contributed by atoms with Crippen molar-refractivity contribution in [1.82, 2.24) is 0 Å². The lowest BCUT2D eigenvalue weighted by molar-refractivity contribution is -0.0523. The molecule has 1 unspecified atom stereocenters. The van der Waals surface area contributed by atoms with Crippen LogP contribution in [0.15, 0.2) is 36.1 Å². The van der Waals surface area contributed by atoms with Crippen molar-refractivity contribution >= 4 is 15.8 Å². The summed E-state index contributed by atoms with van der Waals surface area (Å²) in [4.78, 5) is 1.93. The average molecular weight is 335 g/mol. The van der Waals surface area contributed by atoms with Gasteiger partial charge in [0, 0.05) is 26.2 Å². The fourth-order valence-electron chi connectivity index (χ4n) is 2.24. The normalized spacial score (nSPS) is 19.0. The van der Waals surface area contributed by atoms with Crippen molar-refractivity contribution in [2.45, 2.75) is 24.3 Å². The fraction of sp³-hybridized carbons (Fsp3) is 0.429. The predicted octanol–water partition coefficient (Wildman–Crippen LogP) is 3.38. The van der Waals surface area contributed by atoms with Crippen molar-refractivity contribution in [2.75, 3.05) is 19.0 Å². The molecule has 8 heteroatoms. The summed E-state index contributed by atoms with van der Waals surface area (Å²) in [6, 6.07) is 7.57. The second kappa shape index (κ2) is 5.83. The highest BCUT2D eigenvalue weighted by atomic mass is 32.2. The van der Waals surface area contributed by atoms with E-state index in [0.29, 0.717) is 6.42 Å². The molecule has 0 spiro atoms. The average Bonchev–Trinajstić information content (AvgIpc) is 2.85. The van der Waals surface area contributed by atoms with E-state index >= 15 is 0 Å². The summed E-state index contributed by atoms with van der Waals surface area (Å²) in [7, 11) is -1.77. The molecular formula is C14H16F3NO3S. The van der Waals surface area contributed by atoms with Crippen molar-refractivity contribution in [3.63, 3.8) is 0 Å². The highest BCUT2D eigenvalue weighted by molar-refractivity contribution is 7.87. The molecule has 0 fully saturated rings. The lowest BCUT2D eigenvalue weighted by Gasteiger charge is -2.15. The maximum absolute atomic E-state index is 12.3. The maximum atomic E-state index is 12.3. The van der Waals surface area contributed by atoms with Gasteiger partial charge in [-0.15, -0.1) is 0 Å². The van der Waals surface area contributed by atoms with Crippen molar-refractivity contribution in [2.24, 2.45) is 0 Å². The fourth-order valence-corrected chi connectivity index (χ4v) is 2.75. The zero-order valence-corrected chi connectivity index (χ0v) is 12.9. The lowest BCUT2D eigenvalue weighted by atomic mass is 9.96. The molecule has 22 heavy (non-hydrogen) atoms. The van der Waals surface area contributed by atoms with Crippen LogP contribution in [0.25, 0.3) is 0 Å². The second-order valence-electron chi connectivity index (χ2n) is 5.28. The van der Waals surface area contributed by atoms with E-state index in [9.17, 15) is 21.6 Å². The Kier molecular flexibility index (Phi) is 4.42. The molecule has 0 amide bonds. The lowest BCUT2D eigenvalue weighted by Crippen LogP contribution is -2.25. The molecule has 0 heterocycles. The van der Waals surface area contributed by atoms with Gasteiger partial charge in [0.2, 0.25) is 0 Å². The number of nitrogens with zero attached hydrogens (tertiary/aromatic N) is 1. The molecule has 1 aromatic rings. The predicted molar refractivity (Wildman–Crippen MR) is 76.9 cm³/mol. The molecule has 0 saturated heterocycles. The first kappa shape index (κ1) is 16.7. The van der Waals surface area contributed by atoms with Crippen LogP contribution in [0.2, 0.25) is 0 Å². The number of halogens is 3. The molecule has 1 aliphatic rings. The Morgan fingerprint density at radius 1 is 1.18 bits per heavy atom. The van der Waals surface area contributed by atoms with Crippen LogP contribution in [0.3, 0.4) is 0 Å². The van der Waals surface area contributed by atoms with Crippen molar-refractivity contribution in [3.8, 4) is 0 Å². The van der Waals surface area contributed by atoms with Crippen molar-refractivity contribution in [3.05, 3.63) is 41.7 Å². The standard InChI is InChI=1S/C14H16F3NO3S/c1-18(2)12-6-3-10(4-7-12)11-5-8-13(9-11)21-22(19,20)14(15,16)17/h3-4,6-8,11H,5,9H2,1-2H3. The van der Waals surface area contributed by atoms with Crippen molar-refractivity contribution < 1.29 is 25.8 Å². The van der Waals surface area contributed by atoms with Gasteiger partial charge in [0.1, 0.15) is 5.76 Å². The van der Waals surface area contributed by atoms with E-state index < -0.39 is 15.6 Å². The molecule has 4 nitrogen and oxygen atoms in total. The Balaban J connectivity index is 2.03. The zero-order valence-electron chi connectivity index (χ0n) is 12.1. The van der Waals surface area contributed by atoms with Crippen LogP contribution in [-0.2, 0) is 14.3 Å². The van der Waals surface area contributed by atoms with Gasteiger partial charge in [-0.05, 0) is 36.1 Å². The summed E-state index contributed by atoms with van der Waals surface area (Å²) < 4.78 is 63.0. The topological polar surface area (TPSA) is 46.6 Å². The van der Waals surface area contributed by atoms with Gasteiger partial charge in [0.15, 0.2) is 0 Å². The van der Waals surface area contributed by atoms with Gasteiger partial charge in [-0.3, -0.25) is 0 Å². The van der Waals surface area contributed by atoms with Crippen LogP contribution in [-0.4, -0.2) is 28.0 Å². The van der Waals surface area contributed by atoms with E-state index in [4.69, 9.17) is 0 Å². The third-order valence-electron chi connectivity index (χ3n) is 3.46. The third kappa shape index (κ3) is 3.55. The van der Waals surface area contributed by atoms with E-state index in [0.717, 1.165) is 11.3 Å². The van der Waals surface area contributed by atoms with E-state index in [1.165, 1.54) is 6.08 Å². The Labute approximate surface area is 127 Å². The minimum Gasteiger partial charge on any atom is -0.381 e. The summed E-state index contributed by atoms with van der Waals surface area (Å²) in [5.74, 6) is -0.228. The largest absolute Gasteiger partial charge is 0.534 e. The van der Waals surface area contributed by atoms with Gasteiger partial charge in [-0.1, -0.05) is 12.1 Å². The molecule has 0 bridgehead atoms. The molecule has 0 saturated carbocycles. The SMILES string of the molecule is CN(C)c1ccc(C2CC=C(OS(=O)(=O)C(F)(F)F)C2)cc1. The minimum atomic E-state index is -5.58. The molecule has 0 aliphatic heterocycles. The van der Waals surface area contributed by atoms with E-state index in [1.54, 1.807) is 0 Å². The number of hydrogen-bond acceptors (Lipinski definition) is 4. The zero-order chi connectivity index (χ0) is 16.5. The molecule has 0 aromatic heterocycles.